The molecule has 0 unspecified atom stereocenters. The molecule has 5 heteroatoms. The van der Waals surface area contributed by atoms with Crippen LogP contribution in [0.15, 0.2) is 24.4 Å². The Morgan fingerprint density at radius 1 is 1.25 bits per heavy atom. The van der Waals surface area contributed by atoms with Gasteiger partial charge in [-0.25, -0.2) is 4.98 Å². The standard InChI is InChI=1S/C15H24N4O/c1-2-7-16-9-6-15(20)19-12-10-18(11-13-19)14-5-3-4-8-17-14/h3-5,8,16H,2,6-7,9-13H2,1H3. The first-order chi connectivity index (χ1) is 9.81. The van der Waals surface area contributed by atoms with Gasteiger partial charge in [-0.05, 0) is 25.1 Å². The zero-order valence-electron chi connectivity index (χ0n) is 12.2. The molecule has 1 aliphatic rings. The van der Waals surface area contributed by atoms with Crippen LogP contribution < -0.4 is 10.2 Å². The fraction of sp³-hybridized carbons (Fsp3) is 0.600. The number of amides is 1. The van der Waals surface area contributed by atoms with Gasteiger partial charge in [0.1, 0.15) is 5.82 Å². The lowest BCUT2D eigenvalue weighted by Crippen LogP contribution is -2.49. The second-order valence-corrected chi connectivity index (χ2v) is 5.06. The molecule has 1 fully saturated rings. The van der Waals surface area contributed by atoms with Crippen molar-refractivity contribution in [1.29, 1.82) is 0 Å². The number of nitrogens with zero attached hydrogens (tertiary/aromatic N) is 3. The molecule has 0 aliphatic carbocycles. The Kier molecular flexibility index (Phi) is 5.80. The molecule has 1 N–H and O–H groups in total. The minimum Gasteiger partial charge on any atom is -0.353 e. The molecule has 5 nitrogen and oxygen atoms in total. The molecule has 0 spiro atoms. The molecule has 2 rings (SSSR count). The summed E-state index contributed by atoms with van der Waals surface area (Å²) in [5, 5.41) is 3.27. The van der Waals surface area contributed by atoms with Gasteiger partial charge in [0, 0.05) is 45.3 Å². The van der Waals surface area contributed by atoms with E-state index in [9.17, 15) is 4.79 Å². The summed E-state index contributed by atoms with van der Waals surface area (Å²) in [5.74, 6) is 1.26. The molecule has 1 aromatic heterocycles. The lowest BCUT2D eigenvalue weighted by molar-refractivity contribution is -0.131. The topological polar surface area (TPSA) is 48.5 Å². The number of hydrogen-bond donors (Lipinski definition) is 1. The zero-order valence-corrected chi connectivity index (χ0v) is 12.2. The predicted octanol–water partition coefficient (Wildman–Crippen LogP) is 1.12. The summed E-state index contributed by atoms with van der Waals surface area (Å²) in [4.78, 5) is 20.6. The van der Waals surface area contributed by atoms with E-state index in [4.69, 9.17) is 0 Å². The Labute approximate surface area is 121 Å². The minimum absolute atomic E-state index is 0.259. The number of aromatic nitrogens is 1. The Balaban J connectivity index is 1.72. The third kappa shape index (κ3) is 4.20. The number of hydrogen-bond acceptors (Lipinski definition) is 4. The van der Waals surface area contributed by atoms with E-state index in [2.05, 4.69) is 22.1 Å². The van der Waals surface area contributed by atoms with Gasteiger partial charge in [0.05, 0.1) is 0 Å². The fourth-order valence-corrected chi connectivity index (χ4v) is 2.38. The van der Waals surface area contributed by atoms with Crippen LogP contribution in [0.2, 0.25) is 0 Å². The summed E-state index contributed by atoms with van der Waals surface area (Å²) >= 11 is 0. The van der Waals surface area contributed by atoms with Crippen LogP contribution in [0.1, 0.15) is 19.8 Å². The van der Waals surface area contributed by atoms with Crippen LogP contribution in [-0.2, 0) is 4.79 Å². The molecule has 0 aromatic carbocycles. The smallest absolute Gasteiger partial charge is 0.223 e. The number of nitrogens with one attached hydrogen (secondary N) is 1. The van der Waals surface area contributed by atoms with Crippen molar-refractivity contribution in [2.75, 3.05) is 44.2 Å². The highest BCUT2D eigenvalue weighted by Crippen LogP contribution is 2.12. The first-order valence-corrected chi connectivity index (χ1v) is 7.45. The number of pyridine rings is 1. The molecule has 1 aromatic rings. The van der Waals surface area contributed by atoms with Crippen LogP contribution in [-0.4, -0.2) is 55.1 Å². The van der Waals surface area contributed by atoms with Crippen molar-refractivity contribution in [1.82, 2.24) is 15.2 Å². The predicted molar refractivity (Wildman–Crippen MR) is 80.8 cm³/mol. The van der Waals surface area contributed by atoms with Gasteiger partial charge in [-0.15, -0.1) is 0 Å². The highest BCUT2D eigenvalue weighted by Gasteiger charge is 2.21. The summed E-state index contributed by atoms with van der Waals surface area (Å²) in [5.41, 5.74) is 0. The van der Waals surface area contributed by atoms with Crippen molar-refractivity contribution in [3.8, 4) is 0 Å². The van der Waals surface area contributed by atoms with Crippen molar-refractivity contribution in [2.24, 2.45) is 0 Å². The average molecular weight is 276 g/mol. The number of carbonyl (C=O) groups is 1. The third-order valence-corrected chi connectivity index (χ3v) is 3.55. The molecule has 0 bridgehead atoms. The molecule has 1 amide bonds. The van der Waals surface area contributed by atoms with Gasteiger partial charge in [0.15, 0.2) is 0 Å². The zero-order chi connectivity index (χ0) is 14.2. The van der Waals surface area contributed by atoms with E-state index < -0.39 is 0 Å². The normalized spacial score (nSPS) is 15.4. The van der Waals surface area contributed by atoms with E-state index >= 15 is 0 Å². The van der Waals surface area contributed by atoms with E-state index in [1.165, 1.54) is 0 Å². The maximum atomic E-state index is 12.1. The Morgan fingerprint density at radius 3 is 2.70 bits per heavy atom. The number of rotatable bonds is 6. The van der Waals surface area contributed by atoms with E-state index in [1.807, 2.05) is 29.3 Å². The van der Waals surface area contributed by atoms with Gasteiger partial charge >= 0.3 is 0 Å². The molecule has 0 saturated carbocycles. The van der Waals surface area contributed by atoms with Gasteiger partial charge in [0.25, 0.3) is 0 Å². The molecule has 0 radical (unpaired) electrons. The fourth-order valence-electron chi connectivity index (χ4n) is 2.38. The maximum absolute atomic E-state index is 12.1. The largest absolute Gasteiger partial charge is 0.353 e. The van der Waals surface area contributed by atoms with Gasteiger partial charge in [0.2, 0.25) is 5.91 Å². The maximum Gasteiger partial charge on any atom is 0.223 e. The molecule has 2 heterocycles. The van der Waals surface area contributed by atoms with Gasteiger partial charge in [-0.3, -0.25) is 4.79 Å². The lowest BCUT2D eigenvalue weighted by Gasteiger charge is -2.35. The van der Waals surface area contributed by atoms with Crippen molar-refractivity contribution in [3.05, 3.63) is 24.4 Å². The van der Waals surface area contributed by atoms with Gasteiger partial charge in [-0.2, -0.15) is 0 Å². The number of carbonyl (C=O) groups excluding carboxylic acids is 1. The molecule has 20 heavy (non-hydrogen) atoms. The van der Waals surface area contributed by atoms with Crippen LogP contribution in [0.4, 0.5) is 5.82 Å². The summed E-state index contributed by atoms with van der Waals surface area (Å²) in [6.07, 6.45) is 3.52. The van der Waals surface area contributed by atoms with E-state index in [1.54, 1.807) is 0 Å². The molecule has 110 valence electrons. The minimum atomic E-state index is 0.259. The highest BCUT2D eigenvalue weighted by molar-refractivity contribution is 5.76. The van der Waals surface area contributed by atoms with E-state index in [0.717, 1.165) is 51.5 Å². The summed E-state index contributed by atoms with van der Waals surface area (Å²) in [7, 11) is 0. The molecule has 1 aliphatic heterocycles. The van der Waals surface area contributed by atoms with Gasteiger partial charge in [-0.1, -0.05) is 13.0 Å². The lowest BCUT2D eigenvalue weighted by atomic mass is 10.2. The van der Waals surface area contributed by atoms with Gasteiger partial charge < -0.3 is 15.1 Å². The summed E-state index contributed by atoms with van der Waals surface area (Å²) in [6, 6.07) is 5.94. The van der Waals surface area contributed by atoms with Crippen LogP contribution >= 0.6 is 0 Å². The summed E-state index contributed by atoms with van der Waals surface area (Å²) in [6.45, 7) is 7.22. The van der Waals surface area contributed by atoms with Crippen LogP contribution in [0.5, 0.6) is 0 Å². The Bertz CT molecular complexity index is 402. The molecular weight excluding hydrogens is 252 g/mol. The summed E-state index contributed by atoms with van der Waals surface area (Å²) < 4.78 is 0. The first-order valence-electron chi connectivity index (χ1n) is 7.45. The third-order valence-electron chi connectivity index (χ3n) is 3.55. The van der Waals surface area contributed by atoms with Crippen molar-refractivity contribution >= 4 is 11.7 Å². The van der Waals surface area contributed by atoms with Crippen LogP contribution in [0.25, 0.3) is 0 Å². The SMILES string of the molecule is CCCNCCC(=O)N1CCN(c2ccccn2)CC1. The monoisotopic (exact) mass is 276 g/mol. The van der Waals surface area contributed by atoms with Crippen LogP contribution in [0, 0.1) is 0 Å². The Morgan fingerprint density at radius 2 is 2.05 bits per heavy atom. The van der Waals surface area contributed by atoms with Crippen molar-refractivity contribution in [3.63, 3.8) is 0 Å². The number of piperazine rings is 1. The molecule has 1 saturated heterocycles. The molecule has 0 atom stereocenters. The van der Waals surface area contributed by atoms with E-state index in [0.29, 0.717) is 6.42 Å². The second-order valence-electron chi connectivity index (χ2n) is 5.06. The van der Waals surface area contributed by atoms with Crippen molar-refractivity contribution < 1.29 is 4.79 Å². The quantitative estimate of drug-likeness (QED) is 0.791. The second kappa shape index (κ2) is 7.85. The first kappa shape index (κ1) is 14.8. The Hall–Kier alpha value is -1.62. The number of anilines is 1. The highest BCUT2D eigenvalue weighted by atomic mass is 16.2. The van der Waals surface area contributed by atoms with Crippen molar-refractivity contribution in [2.45, 2.75) is 19.8 Å². The van der Waals surface area contributed by atoms with Crippen LogP contribution in [0.3, 0.4) is 0 Å². The average Bonchev–Trinajstić information content (AvgIpc) is 2.52. The molecular formula is C15H24N4O. The van der Waals surface area contributed by atoms with E-state index in [-0.39, 0.29) is 5.91 Å².